The van der Waals surface area contributed by atoms with Gasteiger partial charge in [0, 0.05) is 44.4 Å². The molecule has 7 atom stereocenters. The standard InChI is InChI=1S/C32H61F2N5O7S2/c1-6-9-12-39(37-47(43,44)21-22(4)5)20-30(40)29(15-23-13-26(33)19-27(34)14-23)36-31(41)24-16-25(18-28(17-24)48(35,45)46)32(42)38(10-7-2)11-8-3/h22-30,37,40H,6-21H2,1-5H3,(H,36,41)(H2,35,45,46). The van der Waals surface area contributed by atoms with Gasteiger partial charge in [0.05, 0.1) is 23.1 Å². The van der Waals surface area contributed by atoms with Crippen molar-refractivity contribution in [3.05, 3.63) is 0 Å². The molecule has 0 bridgehead atoms. The van der Waals surface area contributed by atoms with Crippen molar-refractivity contribution in [2.24, 2.45) is 28.8 Å². The number of hydrogen-bond donors (Lipinski definition) is 4. The van der Waals surface area contributed by atoms with Crippen LogP contribution in [0.4, 0.5) is 8.78 Å². The molecular formula is C32H61F2N5O7S2. The number of aliphatic hydroxyl groups is 1. The van der Waals surface area contributed by atoms with Crippen molar-refractivity contribution in [3.63, 3.8) is 0 Å². The Labute approximate surface area is 287 Å². The summed E-state index contributed by atoms with van der Waals surface area (Å²) in [4.78, 5) is 31.7. The number of primary sulfonamides is 1. The van der Waals surface area contributed by atoms with Crippen LogP contribution in [0.25, 0.3) is 0 Å². The summed E-state index contributed by atoms with van der Waals surface area (Å²) in [6.45, 7) is 10.4. The van der Waals surface area contributed by atoms with Crippen LogP contribution < -0.4 is 15.3 Å². The van der Waals surface area contributed by atoms with Crippen molar-refractivity contribution in [2.75, 3.05) is 31.9 Å². The lowest BCUT2D eigenvalue weighted by Crippen LogP contribution is -2.55. The summed E-state index contributed by atoms with van der Waals surface area (Å²) < 4.78 is 79.4. The zero-order valence-electron chi connectivity index (χ0n) is 29.5. The summed E-state index contributed by atoms with van der Waals surface area (Å²) in [5, 5.41) is 20.2. The number of alkyl halides is 2. The van der Waals surface area contributed by atoms with E-state index in [2.05, 4.69) is 10.1 Å². The molecule has 0 saturated heterocycles. The average molecular weight is 730 g/mol. The number of amides is 2. The molecule has 2 aliphatic carbocycles. The largest absolute Gasteiger partial charge is 0.390 e. The summed E-state index contributed by atoms with van der Waals surface area (Å²) in [5.41, 5.74) is 0. The molecule has 2 aliphatic rings. The molecule has 282 valence electrons. The van der Waals surface area contributed by atoms with E-state index in [1.54, 1.807) is 18.7 Å². The Morgan fingerprint density at radius 1 is 0.875 bits per heavy atom. The van der Waals surface area contributed by atoms with Gasteiger partial charge in [-0.2, -0.15) is 0 Å². The molecule has 0 radical (unpaired) electrons. The van der Waals surface area contributed by atoms with Crippen molar-refractivity contribution in [1.29, 1.82) is 0 Å². The van der Waals surface area contributed by atoms with Crippen molar-refractivity contribution in [2.45, 2.75) is 135 Å². The smallest absolute Gasteiger partial charge is 0.225 e. The normalized spacial score (nSPS) is 26.7. The number of carbonyl (C=O) groups is 2. The minimum atomic E-state index is -4.10. The van der Waals surface area contributed by atoms with E-state index in [9.17, 15) is 40.3 Å². The highest BCUT2D eigenvalue weighted by Gasteiger charge is 2.43. The summed E-state index contributed by atoms with van der Waals surface area (Å²) in [7, 11) is -7.84. The molecule has 2 amide bonds. The quantitative estimate of drug-likeness (QED) is 0.138. The van der Waals surface area contributed by atoms with E-state index in [0.29, 0.717) is 32.4 Å². The maximum absolute atomic E-state index is 14.4. The van der Waals surface area contributed by atoms with E-state index < -0.39 is 73.4 Å². The second-order valence-corrected chi connectivity index (χ2v) is 18.0. The lowest BCUT2D eigenvalue weighted by Gasteiger charge is -2.37. The van der Waals surface area contributed by atoms with Crippen molar-refractivity contribution in [1.82, 2.24) is 20.1 Å². The van der Waals surface area contributed by atoms with Gasteiger partial charge < -0.3 is 15.3 Å². The molecule has 0 spiro atoms. The van der Waals surface area contributed by atoms with E-state index in [4.69, 9.17) is 5.14 Å². The molecule has 12 nitrogen and oxygen atoms in total. The number of halogens is 2. The van der Waals surface area contributed by atoms with Gasteiger partial charge in [0.25, 0.3) is 0 Å². The second-order valence-electron chi connectivity index (χ2n) is 14.4. The number of rotatable bonds is 20. The van der Waals surface area contributed by atoms with E-state index in [-0.39, 0.29) is 75.6 Å². The maximum Gasteiger partial charge on any atom is 0.225 e. The SMILES string of the molecule is CCCCN(CC(O)C(CC1CC(F)CC(F)C1)NC(=O)C1CC(C(=O)N(CCC)CCC)CC(S(N)(=O)=O)C1)NS(=O)(=O)CC(C)C. The highest BCUT2D eigenvalue weighted by molar-refractivity contribution is 7.89. The topological polar surface area (TPSA) is 179 Å². The number of nitrogens with two attached hydrogens (primary N) is 1. The monoisotopic (exact) mass is 729 g/mol. The van der Waals surface area contributed by atoms with Crippen LogP contribution in [0.2, 0.25) is 0 Å². The average Bonchev–Trinajstić information content (AvgIpc) is 2.97. The van der Waals surface area contributed by atoms with Gasteiger partial charge >= 0.3 is 0 Å². The third-order valence-corrected chi connectivity index (χ3v) is 12.2. The molecule has 0 aliphatic heterocycles. The summed E-state index contributed by atoms with van der Waals surface area (Å²) >= 11 is 0. The number of aliphatic hydroxyl groups excluding tert-OH is 1. The highest BCUT2D eigenvalue weighted by Crippen LogP contribution is 2.35. The van der Waals surface area contributed by atoms with E-state index in [1.807, 2.05) is 20.8 Å². The molecule has 0 heterocycles. The summed E-state index contributed by atoms with van der Waals surface area (Å²) in [6, 6.07) is -1.03. The fourth-order valence-electron chi connectivity index (χ4n) is 7.08. The summed E-state index contributed by atoms with van der Waals surface area (Å²) in [5.74, 6) is -3.28. The van der Waals surface area contributed by atoms with Crippen molar-refractivity contribution in [3.8, 4) is 0 Å². The second kappa shape index (κ2) is 19.8. The lowest BCUT2D eigenvalue weighted by molar-refractivity contribution is -0.138. The van der Waals surface area contributed by atoms with E-state index >= 15 is 0 Å². The molecule has 0 aromatic heterocycles. The molecule has 7 unspecified atom stereocenters. The van der Waals surface area contributed by atoms with Gasteiger partial charge in [0.15, 0.2) is 0 Å². The molecule has 2 fully saturated rings. The Balaban J connectivity index is 2.36. The first-order valence-electron chi connectivity index (χ1n) is 17.7. The number of carbonyl (C=O) groups excluding carboxylic acids is 2. The predicted octanol–water partition coefficient (Wildman–Crippen LogP) is 3.01. The van der Waals surface area contributed by atoms with Crippen LogP contribution in [0.1, 0.15) is 105 Å². The predicted molar refractivity (Wildman–Crippen MR) is 183 cm³/mol. The van der Waals surface area contributed by atoms with Gasteiger partial charge in [-0.3, -0.25) is 9.59 Å². The first-order chi connectivity index (χ1) is 22.4. The third kappa shape index (κ3) is 14.4. The third-order valence-electron chi connectivity index (χ3n) is 9.23. The molecule has 5 N–H and O–H groups in total. The number of nitrogens with one attached hydrogen (secondary N) is 2. The van der Waals surface area contributed by atoms with Gasteiger partial charge in [0.1, 0.15) is 12.3 Å². The number of hydrazine groups is 1. The highest BCUT2D eigenvalue weighted by atomic mass is 32.2. The zero-order chi connectivity index (χ0) is 36.2. The maximum atomic E-state index is 14.4. The Morgan fingerprint density at radius 2 is 1.46 bits per heavy atom. The molecule has 0 aromatic carbocycles. The van der Waals surface area contributed by atoms with Gasteiger partial charge in [0.2, 0.25) is 31.9 Å². The van der Waals surface area contributed by atoms with Gasteiger partial charge in [-0.25, -0.2) is 35.8 Å². The minimum Gasteiger partial charge on any atom is -0.390 e. The Morgan fingerprint density at radius 3 is 1.98 bits per heavy atom. The lowest BCUT2D eigenvalue weighted by atomic mass is 9.79. The van der Waals surface area contributed by atoms with Crippen LogP contribution in [-0.2, 0) is 29.6 Å². The molecule has 2 saturated carbocycles. The number of unbranched alkanes of at least 4 members (excludes halogenated alkanes) is 1. The Bertz CT molecular complexity index is 1210. The first-order valence-corrected chi connectivity index (χ1v) is 21.0. The minimum absolute atomic E-state index is 0.00180. The number of hydrogen-bond acceptors (Lipinski definition) is 8. The first kappa shape index (κ1) is 42.7. The van der Waals surface area contributed by atoms with Crippen LogP contribution in [0.5, 0.6) is 0 Å². The van der Waals surface area contributed by atoms with Crippen LogP contribution in [0, 0.1) is 23.7 Å². The van der Waals surface area contributed by atoms with Gasteiger partial charge in [-0.05, 0) is 69.6 Å². The molecular weight excluding hydrogens is 669 g/mol. The fraction of sp³-hybridized carbons (Fsp3) is 0.938. The molecule has 16 heteroatoms. The Hall–Kier alpha value is -1.46. The summed E-state index contributed by atoms with van der Waals surface area (Å²) in [6.07, 6.45) is -1.39. The van der Waals surface area contributed by atoms with Crippen LogP contribution in [-0.4, -0.2) is 105 Å². The molecule has 48 heavy (non-hydrogen) atoms. The van der Waals surface area contributed by atoms with E-state index in [0.717, 1.165) is 6.42 Å². The van der Waals surface area contributed by atoms with Gasteiger partial charge in [-0.1, -0.05) is 41.0 Å². The zero-order valence-corrected chi connectivity index (χ0v) is 31.1. The molecule has 2 rings (SSSR count). The van der Waals surface area contributed by atoms with Crippen molar-refractivity contribution < 1.29 is 40.3 Å². The van der Waals surface area contributed by atoms with Crippen LogP contribution >= 0.6 is 0 Å². The number of nitrogens with zero attached hydrogens (tertiary/aromatic N) is 2. The van der Waals surface area contributed by atoms with Crippen LogP contribution in [0.15, 0.2) is 0 Å². The molecule has 0 aromatic rings. The number of sulfonamides is 2. The van der Waals surface area contributed by atoms with Crippen molar-refractivity contribution >= 4 is 31.9 Å². The Kier molecular flexibility index (Phi) is 17.6. The van der Waals surface area contributed by atoms with Crippen LogP contribution in [0.3, 0.4) is 0 Å². The van der Waals surface area contributed by atoms with E-state index in [1.165, 1.54) is 5.01 Å². The van der Waals surface area contributed by atoms with Gasteiger partial charge in [-0.15, -0.1) is 4.83 Å². The fourth-order valence-corrected chi connectivity index (χ4v) is 9.60.